The van der Waals surface area contributed by atoms with Gasteiger partial charge in [-0.25, -0.2) is 0 Å². The minimum Gasteiger partial charge on any atom is -0.496 e. The highest BCUT2D eigenvalue weighted by Crippen LogP contribution is 2.26. The van der Waals surface area contributed by atoms with E-state index in [2.05, 4.69) is 0 Å². The van der Waals surface area contributed by atoms with Gasteiger partial charge in [0, 0.05) is 11.4 Å². The second kappa shape index (κ2) is 6.87. The molecule has 1 rings (SSSR count). The molecule has 0 fully saturated rings. The third-order valence-corrected chi connectivity index (χ3v) is 2.70. The molecule has 0 amide bonds. The van der Waals surface area contributed by atoms with Gasteiger partial charge in [-0.1, -0.05) is 0 Å². The molecule has 0 saturated carbocycles. The molecule has 0 unspecified atom stereocenters. The van der Waals surface area contributed by atoms with E-state index >= 15 is 0 Å². The van der Waals surface area contributed by atoms with Crippen molar-refractivity contribution in [2.75, 3.05) is 13.7 Å². The van der Waals surface area contributed by atoms with Crippen LogP contribution in [-0.2, 0) is 21.8 Å². The van der Waals surface area contributed by atoms with Crippen LogP contribution in [0.2, 0.25) is 0 Å². The number of esters is 1. The van der Waals surface area contributed by atoms with Crippen molar-refractivity contribution in [1.82, 2.24) is 0 Å². The summed E-state index contributed by atoms with van der Waals surface area (Å²) in [5, 5.41) is 9.10. The van der Waals surface area contributed by atoms with Crippen molar-refractivity contribution in [3.63, 3.8) is 0 Å². The summed E-state index contributed by atoms with van der Waals surface area (Å²) in [5.41, 5.74) is 1.70. The first kappa shape index (κ1) is 14.3. The van der Waals surface area contributed by atoms with Gasteiger partial charge in [-0.05, 0) is 24.6 Å². The van der Waals surface area contributed by atoms with Crippen molar-refractivity contribution in [1.29, 1.82) is 5.26 Å². The summed E-state index contributed by atoms with van der Waals surface area (Å²) in [6, 6.07) is 5.43. The first-order valence-electron chi connectivity index (χ1n) is 5.47. The first-order valence-corrected chi connectivity index (χ1v) is 6.01. The lowest BCUT2D eigenvalue weighted by Gasteiger charge is -2.11. The van der Waals surface area contributed by atoms with Gasteiger partial charge in [0.05, 0.1) is 31.8 Å². The number of alkyl halides is 1. The summed E-state index contributed by atoms with van der Waals surface area (Å²) in [5.74, 6) is 0.383. The van der Waals surface area contributed by atoms with E-state index < -0.39 is 0 Å². The van der Waals surface area contributed by atoms with Crippen LogP contribution in [0.4, 0.5) is 0 Å². The zero-order valence-electron chi connectivity index (χ0n) is 10.3. The highest BCUT2D eigenvalue weighted by atomic mass is 35.5. The number of hydrogen-bond donors (Lipinski definition) is 0. The third kappa shape index (κ3) is 3.38. The van der Waals surface area contributed by atoms with Gasteiger partial charge in [0.15, 0.2) is 0 Å². The summed E-state index contributed by atoms with van der Waals surface area (Å²) in [6.07, 6.45) is 0.0163. The van der Waals surface area contributed by atoms with E-state index in [1.807, 2.05) is 6.07 Å². The Kier molecular flexibility index (Phi) is 5.47. The van der Waals surface area contributed by atoms with Gasteiger partial charge >= 0.3 is 5.97 Å². The summed E-state index contributed by atoms with van der Waals surface area (Å²) < 4.78 is 10.1. The maximum atomic E-state index is 11.5. The molecule has 96 valence electrons. The molecule has 0 aromatic heterocycles. The lowest BCUT2D eigenvalue weighted by Crippen LogP contribution is -2.10. The molecule has 0 N–H and O–H groups in total. The molecular formula is C13H14ClNO3. The van der Waals surface area contributed by atoms with E-state index in [0.717, 1.165) is 5.56 Å². The van der Waals surface area contributed by atoms with Crippen molar-refractivity contribution in [3.8, 4) is 11.8 Å². The molecule has 0 radical (unpaired) electrons. The normalized spacial score (nSPS) is 9.67. The number of carbonyl (C=O) groups excluding carboxylic acids is 1. The van der Waals surface area contributed by atoms with Crippen LogP contribution < -0.4 is 4.74 Å². The van der Waals surface area contributed by atoms with Crippen molar-refractivity contribution in [3.05, 3.63) is 28.8 Å². The number of methoxy groups -OCH3 is 1. The molecule has 18 heavy (non-hydrogen) atoms. The van der Waals surface area contributed by atoms with Gasteiger partial charge in [-0.3, -0.25) is 4.79 Å². The lowest BCUT2D eigenvalue weighted by molar-refractivity contribution is -0.142. The number of nitriles is 1. The molecule has 4 nitrogen and oxygen atoms in total. The molecule has 0 aliphatic rings. The Morgan fingerprint density at radius 1 is 1.50 bits per heavy atom. The van der Waals surface area contributed by atoms with Gasteiger partial charge in [-0.15, -0.1) is 11.6 Å². The van der Waals surface area contributed by atoms with Gasteiger partial charge in [-0.2, -0.15) is 5.26 Å². The van der Waals surface area contributed by atoms with Crippen LogP contribution in [0.3, 0.4) is 0 Å². The Hall–Kier alpha value is -1.73. The number of halogens is 1. The fraction of sp³-hybridized carbons (Fsp3) is 0.385. The highest BCUT2D eigenvalue weighted by molar-refractivity contribution is 6.17. The van der Waals surface area contributed by atoms with E-state index in [0.29, 0.717) is 23.5 Å². The second-order valence-electron chi connectivity index (χ2n) is 3.55. The number of hydrogen-bond acceptors (Lipinski definition) is 4. The Morgan fingerprint density at radius 3 is 2.72 bits per heavy atom. The molecule has 5 heteroatoms. The fourth-order valence-corrected chi connectivity index (χ4v) is 1.75. The molecule has 0 spiro atoms. The molecule has 1 aromatic carbocycles. The number of ether oxygens (including phenoxy) is 2. The second-order valence-corrected chi connectivity index (χ2v) is 3.82. The van der Waals surface area contributed by atoms with Crippen LogP contribution >= 0.6 is 11.6 Å². The van der Waals surface area contributed by atoms with Crippen LogP contribution in [-0.4, -0.2) is 19.7 Å². The topological polar surface area (TPSA) is 59.3 Å². The van der Waals surface area contributed by atoms with Crippen molar-refractivity contribution in [2.45, 2.75) is 19.2 Å². The van der Waals surface area contributed by atoms with Crippen molar-refractivity contribution in [2.24, 2.45) is 0 Å². The Morgan fingerprint density at radius 2 is 2.22 bits per heavy atom. The highest BCUT2D eigenvalue weighted by Gasteiger charge is 2.15. The average Bonchev–Trinajstić information content (AvgIpc) is 2.39. The Balaban J connectivity index is 3.15. The SMILES string of the molecule is CCOC(=O)Cc1c(C#N)cc(CCl)cc1OC. The number of rotatable bonds is 5. The van der Waals surface area contributed by atoms with Crippen LogP contribution in [0, 0.1) is 11.3 Å². The molecule has 0 aliphatic heterocycles. The molecule has 0 heterocycles. The summed E-state index contributed by atoms with van der Waals surface area (Å²) in [4.78, 5) is 11.5. The van der Waals surface area contributed by atoms with E-state index in [1.165, 1.54) is 7.11 Å². The van der Waals surface area contributed by atoms with E-state index in [1.54, 1.807) is 19.1 Å². The minimum absolute atomic E-state index is 0.0163. The van der Waals surface area contributed by atoms with Crippen LogP contribution in [0.1, 0.15) is 23.6 Å². The molecular weight excluding hydrogens is 254 g/mol. The standard InChI is InChI=1S/C13H14ClNO3/c1-3-18-13(16)6-11-10(8-15)4-9(7-14)5-12(11)17-2/h4-5H,3,6-7H2,1-2H3. The smallest absolute Gasteiger partial charge is 0.310 e. The maximum absolute atomic E-state index is 11.5. The van der Waals surface area contributed by atoms with Crippen LogP contribution in [0.15, 0.2) is 12.1 Å². The largest absolute Gasteiger partial charge is 0.496 e. The zero-order chi connectivity index (χ0) is 13.5. The van der Waals surface area contributed by atoms with Crippen molar-refractivity contribution >= 4 is 17.6 Å². The zero-order valence-corrected chi connectivity index (χ0v) is 11.1. The number of nitrogens with zero attached hydrogens (tertiary/aromatic N) is 1. The van der Waals surface area contributed by atoms with E-state index in [4.69, 9.17) is 26.3 Å². The monoisotopic (exact) mass is 267 g/mol. The van der Waals surface area contributed by atoms with Gasteiger partial charge in [0.1, 0.15) is 5.75 Å². The molecule has 0 aliphatic carbocycles. The predicted molar refractivity (Wildman–Crippen MR) is 67.6 cm³/mol. The molecule has 1 aromatic rings. The Labute approximate surface area is 111 Å². The van der Waals surface area contributed by atoms with Crippen LogP contribution in [0.25, 0.3) is 0 Å². The van der Waals surface area contributed by atoms with Gasteiger partial charge < -0.3 is 9.47 Å². The lowest BCUT2D eigenvalue weighted by atomic mass is 10.0. The Bertz CT molecular complexity index is 480. The summed E-state index contributed by atoms with van der Waals surface area (Å²) >= 11 is 5.74. The summed E-state index contributed by atoms with van der Waals surface area (Å²) in [7, 11) is 1.49. The molecule has 0 atom stereocenters. The quantitative estimate of drug-likeness (QED) is 0.607. The number of carbonyl (C=O) groups is 1. The third-order valence-electron chi connectivity index (χ3n) is 2.39. The fourth-order valence-electron chi connectivity index (χ4n) is 1.60. The van der Waals surface area contributed by atoms with E-state index in [-0.39, 0.29) is 18.3 Å². The van der Waals surface area contributed by atoms with E-state index in [9.17, 15) is 4.79 Å². The van der Waals surface area contributed by atoms with Gasteiger partial charge in [0.2, 0.25) is 0 Å². The predicted octanol–water partition coefficient (Wildman–Crippen LogP) is 2.41. The minimum atomic E-state index is -0.383. The maximum Gasteiger partial charge on any atom is 0.310 e. The molecule has 0 bridgehead atoms. The number of benzene rings is 1. The average molecular weight is 268 g/mol. The van der Waals surface area contributed by atoms with Gasteiger partial charge in [0.25, 0.3) is 0 Å². The van der Waals surface area contributed by atoms with Crippen molar-refractivity contribution < 1.29 is 14.3 Å². The first-order chi connectivity index (χ1) is 8.65. The molecule has 0 saturated heterocycles. The van der Waals surface area contributed by atoms with Crippen LogP contribution in [0.5, 0.6) is 5.75 Å². The summed E-state index contributed by atoms with van der Waals surface area (Å²) in [6.45, 7) is 2.04.